The molecule has 0 bridgehead atoms. The van der Waals surface area contributed by atoms with Gasteiger partial charge < -0.3 is 10.5 Å². The van der Waals surface area contributed by atoms with Crippen LogP contribution in [0.15, 0.2) is 0 Å². The molecule has 2 N–H and O–H groups in total. The quantitative estimate of drug-likeness (QED) is 0.746. The van der Waals surface area contributed by atoms with E-state index in [1.807, 2.05) is 0 Å². The fourth-order valence-corrected chi connectivity index (χ4v) is 2.55. The predicted molar refractivity (Wildman–Crippen MR) is 69.3 cm³/mol. The Hall–Kier alpha value is -0.0800. The van der Waals surface area contributed by atoms with Crippen LogP contribution < -0.4 is 5.73 Å². The summed E-state index contributed by atoms with van der Waals surface area (Å²) in [5.74, 6) is 0.462. The van der Waals surface area contributed by atoms with Gasteiger partial charge in [0, 0.05) is 6.04 Å². The van der Waals surface area contributed by atoms with Crippen molar-refractivity contribution in [1.29, 1.82) is 0 Å². The molecule has 0 aromatic heterocycles. The second kappa shape index (κ2) is 4.30. The third-order valence-electron chi connectivity index (χ3n) is 3.53. The second-order valence-electron chi connectivity index (χ2n) is 7.66. The molecule has 4 unspecified atom stereocenters. The van der Waals surface area contributed by atoms with Gasteiger partial charge in [-0.05, 0) is 23.2 Å². The van der Waals surface area contributed by atoms with E-state index in [1.165, 1.54) is 0 Å². The molecule has 0 aromatic carbocycles. The van der Waals surface area contributed by atoms with Gasteiger partial charge in [0.05, 0.1) is 12.2 Å². The minimum absolute atomic E-state index is 0.139. The highest BCUT2D eigenvalue weighted by Gasteiger charge is 2.45. The van der Waals surface area contributed by atoms with Crippen molar-refractivity contribution in [2.45, 2.75) is 73.1 Å². The molecule has 1 fully saturated rings. The molecule has 0 spiro atoms. The molecular weight excluding hydrogens is 198 g/mol. The molecule has 1 aliphatic heterocycles. The molecule has 2 heteroatoms. The van der Waals surface area contributed by atoms with Crippen LogP contribution in [-0.4, -0.2) is 18.2 Å². The third-order valence-corrected chi connectivity index (χ3v) is 3.53. The summed E-state index contributed by atoms with van der Waals surface area (Å²) in [7, 11) is 0. The first-order valence-corrected chi connectivity index (χ1v) is 6.43. The van der Waals surface area contributed by atoms with E-state index in [-0.39, 0.29) is 17.6 Å². The normalized spacial score (nSPS) is 36.8. The van der Waals surface area contributed by atoms with E-state index in [1.54, 1.807) is 0 Å². The lowest BCUT2D eigenvalue weighted by molar-refractivity contribution is -0.0369. The highest BCUT2D eigenvalue weighted by Crippen LogP contribution is 2.39. The summed E-state index contributed by atoms with van der Waals surface area (Å²) in [6.45, 7) is 15.7. The van der Waals surface area contributed by atoms with Crippen molar-refractivity contribution in [2.75, 3.05) is 0 Å². The first-order chi connectivity index (χ1) is 7.02. The molecule has 1 saturated heterocycles. The number of nitrogens with two attached hydrogens (primary N) is 1. The summed E-state index contributed by atoms with van der Waals surface area (Å²) in [6, 6.07) is 0.173. The van der Waals surface area contributed by atoms with Gasteiger partial charge in [0.2, 0.25) is 0 Å². The molecule has 16 heavy (non-hydrogen) atoms. The summed E-state index contributed by atoms with van der Waals surface area (Å²) in [5, 5.41) is 0. The van der Waals surface area contributed by atoms with E-state index in [2.05, 4.69) is 48.5 Å². The van der Waals surface area contributed by atoms with Crippen molar-refractivity contribution < 1.29 is 4.74 Å². The SMILES string of the molecule is CC1C(CC(C)(C)C)OC(C(C)(C)C)C1N. The lowest BCUT2D eigenvalue weighted by Crippen LogP contribution is -2.42. The van der Waals surface area contributed by atoms with Crippen molar-refractivity contribution in [2.24, 2.45) is 22.5 Å². The Balaban J connectivity index is 2.72. The maximum Gasteiger partial charge on any atom is 0.0781 e. The maximum absolute atomic E-state index is 6.29. The Kier molecular flexibility index (Phi) is 3.76. The molecule has 2 nitrogen and oxygen atoms in total. The maximum atomic E-state index is 6.29. The summed E-state index contributed by atoms with van der Waals surface area (Å²) in [6.07, 6.45) is 1.60. The Morgan fingerprint density at radius 1 is 1.06 bits per heavy atom. The molecule has 0 aromatic rings. The van der Waals surface area contributed by atoms with E-state index in [9.17, 15) is 0 Å². The van der Waals surface area contributed by atoms with Crippen molar-refractivity contribution in [1.82, 2.24) is 0 Å². The largest absolute Gasteiger partial charge is 0.372 e. The van der Waals surface area contributed by atoms with Gasteiger partial charge in [-0.25, -0.2) is 0 Å². The van der Waals surface area contributed by atoms with Gasteiger partial charge in [0.1, 0.15) is 0 Å². The molecule has 0 amide bonds. The number of hydrogen-bond acceptors (Lipinski definition) is 2. The average Bonchev–Trinajstić information content (AvgIpc) is 2.28. The highest BCUT2D eigenvalue weighted by atomic mass is 16.5. The number of hydrogen-bond donors (Lipinski definition) is 1. The van der Waals surface area contributed by atoms with E-state index < -0.39 is 0 Å². The van der Waals surface area contributed by atoms with Gasteiger partial charge >= 0.3 is 0 Å². The molecule has 96 valence electrons. The second-order valence-corrected chi connectivity index (χ2v) is 7.66. The zero-order valence-corrected chi connectivity index (χ0v) is 12.0. The fourth-order valence-electron chi connectivity index (χ4n) is 2.55. The van der Waals surface area contributed by atoms with Crippen LogP contribution >= 0.6 is 0 Å². The lowest BCUT2D eigenvalue weighted by Gasteiger charge is -2.30. The van der Waals surface area contributed by atoms with Crippen LogP contribution in [0, 0.1) is 16.7 Å². The Labute approximate surface area is 101 Å². The van der Waals surface area contributed by atoms with Crippen LogP contribution in [0.2, 0.25) is 0 Å². The van der Waals surface area contributed by atoms with E-state index in [4.69, 9.17) is 10.5 Å². The van der Waals surface area contributed by atoms with E-state index in [0.29, 0.717) is 17.4 Å². The molecule has 0 radical (unpaired) electrons. The topological polar surface area (TPSA) is 35.2 Å². The van der Waals surface area contributed by atoms with Gasteiger partial charge in [0.25, 0.3) is 0 Å². The standard InChI is InChI=1S/C14H29NO/c1-9-10(8-13(2,3)4)16-12(11(9)15)14(5,6)7/h9-12H,8,15H2,1-7H3. The molecule has 4 atom stereocenters. The monoisotopic (exact) mass is 227 g/mol. The van der Waals surface area contributed by atoms with E-state index in [0.717, 1.165) is 6.42 Å². The summed E-state index contributed by atoms with van der Waals surface area (Å²) >= 11 is 0. The summed E-state index contributed by atoms with van der Waals surface area (Å²) in [5.41, 5.74) is 6.74. The first-order valence-electron chi connectivity index (χ1n) is 6.43. The minimum Gasteiger partial charge on any atom is -0.372 e. The smallest absolute Gasteiger partial charge is 0.0781 e. The van der Waals surface area contributed by atoms with Crippen LogP contribution in [-0.2, 0) is 4.74 Å². The summed E-state index contributed by atoms with van der Waals surface area (Å²) in [4.78, 5) is 0. The van der Waals surface area contributed by atoms with Crippen LogP contribution in [0.25, 0.3) is 0 Å². The Morgan fingerprint density at radius 3 is 1.88 bits per heavy atom. The number of ether oxygens (including phenoxy) is 1. The van der Waals surface area contributed by atoms with Gasteiger partial charge in [-0.15, -0.1) is 0 Å². The van der Waals surface area contributed by atoms with Gasteiger partial charge in [-0.1, -0.05) is 48.5 Å². The van der Waals surface area contributed by atoms with Crippen molar-refractivity contribution in [3.8, 4) is 0 Å². The van der Waals surface area contributed by atoms with Crippen LogP contribution in [0.3, 0.4) is 0 Å². The minimum atomic E-state index is 0.139. The zero-order valence-electron chi connectivity index (χ0n) is 12.0. The zero-order chi connectivity index (χ0) is 12.7. The summed E-state index contributed by atoms with van der Waals surface area (Å²) < 4.78 is 6.20. The molecule has 1 rings (SSSR count). The van der Waals surface area contributed by atoms with Gasteiger partial charge in [-0.3, -0.25) is 0 Å². The van der Waals surface area contributed by atoms with Gasteiger partial charge in [-0.2, -0.15) is 0 Å². The lowest BCUT2D eigenvalue weighted by atomic mass is 9.80. The van der Waals surface area contributed by atoms with E-state index >= 15 is 0 Å². The number of rotatable bonds is 1. The third kappa shape index (κ3) is 3.21. The average molecular weight is 227 g/mol. The molecule has 0 aliphatic carbocycles. The first kappa shape index (κ1) is 14.0. The molecule has 1 heterocycles. The van der Waals surface area contributed by atoms with Crippen LogP contribution in [0.5, 0.6) is 0 Å². The van der Waals surface area contributed by atoms with Gasteiger partial charge in [0.15, 0.2) is 0 Å². The van der Waals surface area contributed by atoms with Crippen LogP contribution in [0.4, 0.5) is 0 Å². The molecule has 1 aliphatic rings. The molecule has 0 saturated carbocycles. The highest BCUT2D eigenvalue weighted by molar-refractivity contribution is 4.97. The van der Waals surface area contributed by atoms with Crippen LogP contribution in [0.1, 0.15) is 54.9 Å². The Morgan fingerprint density at radius 2 is 1.56 bits per heavy atom. The van der Waals surface area contributed by atoms with Crippen molar-refractivity contribution >= 4 is 0 Å². The van der Waals surface area contributed by atoms with Crippen molar-refractivity contribution in [3.63, 3.8) is 0 Å². The van der Waals surface area contributed by atoms with Crippen molar-refractivity contribution in [3.05, 3.63) is 0 Å². The fraction of sp³-hybridized carbons (Fsp3) is 1.00. The predicted octanol–water partition coefficient (Wildman–Crippen LogP) is 3.20. The Bertz CT molecular complexity index is 236. The molecular formula is C14H29NO.